The zero-order valence-electron chi connectivity index (χ0n) is 16.5. The Morgan fingerprint density at radius 2 is 1.79 bits per heavy atom. The number of methoxy groups -OCH3 is 3. The van der Waals surface area contributed by atoms with Crippen LogP contribution in [0.1, 0.15) is 32.6 Å². The Labute approximate surface area is 168 Å². The van der Waals surface area contributed by atoms with E-state index in [0.29, 0.717) is 33.9 Å². The van der Waals surface area contributed by atoms with Crippen LogP contribution in [0.25, 0.3) is 11.5 Å². The molecule has 1 amide bonds. The normalized spacial score (nSPS) is 15.3. The van der Waals surface area contributed by atoms with Gasteiger partial charge in [-0.3, -0.25) is 4.79 Å². The molecule has 1 saturated carbocycles. The summed E-state index contributed by atoms with van der Waals surface area (Å²) in [5, 5.41) is 11.2. The van der Waals surface area contributed by atoms with Crippen molar-refractivity contribution in [2.45, 2.75) is 49.1 Å². The van der Waals surface area contributed by atoms with E-state index in [-0.39, 0.29) is 17.2 Å². The molecule has 0 spiro atoms. The van der Waals surface area contributed by atoms with Crippen LogP contribution in [0.15, 0.2) is 21.8 Å². The van der Waals surface area contributed by atoms with Gasteiger partial charge in [-0.25, -0.2) is 0 Å². The minimum Gasteiger partial charge on any atom is -0.493 e. The highest BCUT2D eigenvalue weighted by molar-refractivity contribution is 8.00. The minimum absolute atomic E-state index is 0.00978. The fourth-order valence-electron chi connectivity index (χ4n) is 3.17. The molecule has 152 valence electrons. The molecule has 0 bridgehead atoms. The fourth-order valence-corrected chi connectivity index (χ4v) is 3.86. The number of nitrogens with one attached hydrogen (secondary N) is 1. The van der Waals surface area contributed by atoms with Gasteiger partial charge in [0.1, 0.15) is 0 Å². The lowest BCUT2D eigenvalue weighted by molar-refractivity contribution is -0.120. The van der Waals surface area contributed by atoms with Crippen molar-refractivity contribution in [3.05, 3.63) is 12.1 Å². The highest BCUT2D eigenvalue weighted by atomic mass is 32.2. The van der Waals surface area contributed by atoms with Crippen molar-refractivity contribution >= 4 is 17.7 Å². The number of amides is 1. The van der Waals surface area contributed by atoms with Crippen LogP contribution in [-0.2, 0) is 4.79 Å². The quantitative estimate of drug-likeness (QED) is 0.666. The summed E-state index contributed by atoms with van der Waals surface area (Å²) >= 11 is 1.24. The highest BCUT2D eigenvalue weighted by Crippen LogP contribution is 2.41. The average Bonchev–Trinajstić information content (AvgIpc) is 3.38. The second kappa shape index (κ2) is 9.18. The molecule has 1 heterocycles. The Bertz CT molecular complexity index is 795. The van der Waals surface area contributed by atoms with E-state index in [1.165, 1.54) is 24.6 Å². The number of rotatable bonds is 8. The molecular formula is C19H25N3O5S. The number of ether oxygens (including phenoxy) is 3. The molecule has 0 aliphatic heterocycles. The highest BCUT2D eigenvalue weighted by Gasteiger charge is 2.24. The average molecular weight is 407 g/mol. The molecule has 8 nitrogen and oxygen atoms in total. The number of nitrogens with zero attached hydrogens (tertiary/aromatic N) is 2. The first-order valence-electron chi connectivity index (χ1n) is 9.16. The predicted molar refractivity (Wildman–Crippen MR) is 105 cm³/mol. The van der Waals surface area contributed by atoms with Gasteiger partial charge in [0.15, 0.2) is 11.5 Å². The summed E-state index contributed by atoms with van der Waals surface area (Å²) in [6.45, 7) is 1.83. The topological polar surface area (TPSA) is 95.7 Å². The smallest absolute Gasteiger partial charge is 0.277 e. The van der Waals surface area contributed by atoms with Gasteiger partial charge in [-0.05, 0) is 31.9 Å². The van der Waals surface area contributed by atoms with Crippen LogP contribution in [0.5, 0.6) is 17.2 Å². The number of hydrogen-bond donors (Lipinski definition) is 1. The van der Waals surface area contributed by atoms with Gasteiger partial charge in [-0.15, -0.1) is 10.2 Å². The van der Waals surface area contributed by atoms with Gasteiger partial charge in [0, 0.05) is 11.6 Å². The first-order chi connectivity index (χ1) is 13.5. The largest absolute Gasteiger partial charge is 0.493 e. The first kappa shape index (κ1) is 20.3. The number of benzene rings is 1. The molecule has 0 saturated heterocycles. The lowest BCUT2D eigenvalue weighted by atomic mass is 10.2. The molecule has 0 unspecified atom stereocenters. The second-order valence-electron chi connectivity index (χ2n) is 6.54. The predicted octanol–water partition coefficient (Wildman–Crippen LogP) is 3.30. The van der Waals surface area contributed by atoms with Gasteiger partial charge >= 0.3 is 0 Å². The van der Waals surface area contributed by atoms with E-state index >= 15 is 0 Å². The van der Waals surface area contributed by atoms with E-state index in [1.54, 1.807) is 33.5 Å². The summed E-state index contributed by atoms with van der Waals surface area (Å²) in [4.78, 5) is 12.3. The van der Waals surface area contributed by atoms with E-state index < -0.39 is 0 Å². The van der Waals surface area contributed by atoms with Gasteiger partial charge in [0.2, 0.25) is 17.5 Å². The van der Waals surface area contributed by atoms with Gasteiger partial charge in [-0.1, -0.05) is 24.6 Å². The van der Waals surface area contributed by atoms with Gasteiger partial charge in [0.05, 0.1) is 26.6 Å². The summed E-state index contributed by atoms with van der Waals surface area (Å²) in [7, 11) is 4.63. The third-order valence-corrected chi connectivity index (χ3v) is 5.60. The summed E-state index contributed by atoms with van der Waals surface area (Å²) in [5.41, 5.74) is 0.636. The van der Waals surface area contributed by atoms with Crippen molar-refractivity contribution in [2.75, 3.05) is 21.3 Å². The van der Waals surface area contributed by atoms with E-state index in [4.69, 9.17) is 18.6 Å². The Hall–Kier alpha value is -2.42. The van der Waals surface area contributed by atoms with Crippen LogP contribution in [0.4, 0.5) is 0 Å². The maximum absolute atomic E-state index is 12.3. The lowest BCUT2D eigenvalue weighted by Crippen LogP contribution is -2.37. The summed E-state index contributed by atoms with van der Waals surface area (Å²) in [6, 6.07) is 3.76. The summed E-state index contributed by atoms with van der Waals surface area (Å²) < 4.78 is 21.8. The van der Waals surface area contributed by atoms with E-state index in [1.807, 2.05) is 6.92 Å². The summed E-state index contributed by atoms with van der Waals surface area (Å²) in [6.07, 6.45) is 4.45. The third-order valence-electron chi connectivity index (χ3n) is 4.67. The molecule has 1 aliphatic carbocycles. The molecule has 2 aromatic rings. The number of aromatic nitrogens is 2. The van der Waals surface area contributed by atoms with Crippen molar-refractivity contribution in [3.8, 4) is 28.7 Å². The second-order valence-corrected chi connectivity index (χ2v) is 7.83. The van der Waals surface area contributed by atoms with Crippen LogP contribution < -0.4 is 19.5 Å². The monoisotopic (exact) mass is 407 g/mol. The molecule has 1 aromatic carbocycles. The Morgan fingerprint density at radius 1 is 1.14 bits per heavy atom. The summed E-state index contributed by atoms with van der Waals surface area (Å²) in [5.74, 6) is 1.77. The zero-order valence-corrected chi connectivity index (χ0v) is 17.3. The maximum atomic E-state index is 12.3. The van der Waals surface area contributed by atoms with E-state index in [9.17, 15) is 4.79 Å². The third kappa shape index (κ3) is 4.52. The van der Waals surface area contributed by atoms with Gasteiger partial charge < -0.3 is 23.9 Å². The number of carbonyl (C=O) groups is 1. The zero-order chi connectivity index (χ0) is 20.1. The van der Waals surface area contributed by atoms with Crippen molar-refractivity contribution in [3.63, 3.8) is 0 Å². The molecule has 3 rings (SSSR count). The number of thioether (sulfide) groups is 1. The van der Waals surface area contributed by atoms with Gasteiger partial charge in [0.25, 0.3) is 5.22 Å². The maximum Gasteiger partial charge on any atom is 0.277 e. The van der Waals surface area contributed by atoms with Crippen molar-refractivity contribution < 1.29 is 23.4 Å². The van der Waals surface area contributed by atoms with Crippen molar-refractivity contribution in [1.82, 2.24) is 15.5 Å². The van der Waals surface area contributed by atoms with Crippen LogP contribution in [-0.4, -0.2) is 48.7 Å². The Balaban J connectivity index is 1.72. The van der Waals surface area contributed by atoms with Crippen LogP contribution in [0.3, 0.4) is 0 Å². The Kier molecular flexibility index (Phi) is 6.66. The number of carbonyl (C=O) groups excluding carboxylic acids is 1. The SMILES string of the molecule is COc1cc(-c2nnc(S[C@H](C)C(=O)NC3CCCC3)o2)cc(OC)c1OC. The molecule has 1 atom stereocenters. The molecule has 1 N–H and O–H groups in total. The van der Waals surface area contributed by atoms with Crippen molar-refractivity contribution in [1.29, 1.82) is 0 Å². The van der Waals surface area contributed by atoms with E-state index in [0.717, 1.165) is 12.8 Å². The molecule has 1 aromatic heterocycles. The van der Waals surface area contributed by atoms with Crippen LogP contribution >= 0.6 is 11.8 Å². The molecule has 1 fully saturated rings. The van der Waals surface area contributed by atoms with E-state index in [2.05, 4.69) is 15.5 Å². The molecule has 9 heteroatoms. The molecule has 28 heavy (non-hydrogen) atoms. The van der Waals surface area contributed by atoms with Crippen molar-refractivity contribution in [2.24, 2.45) is 0 Å². The van der Waals surface area contributed by atoms with Crippen LogP contribution in [0, 0.1) is 0 Å². The molecule has 1 aliphatic rings. The fraction of sp³-hybridized carbons (Fsp3) is 0.526. The van der Waals surface area contributed by atoms with Crippen LogP contribution in [0.2, 0.25) is 0 Å². The molecule has 0 radical (unpaired) electrons. The molecular weight excluding hydrogens is 382 g/mol. The minimum atomic E-state index is -0.325. The lowest BCUT2D eigenvalue weighted by Gasteiger charge is -2.15. The van der Waals surface area contributed by atoms with Gasteiger partial charge in [-0.2, -0.15) is 0 Å². The Morgan fingerprint density at radius 3 is 2.36 bits per heavy atom. The first-order valence-corrected chi connectivity index (χ1v) is 10.0. The number of hydrogen-bond acceptors (Lipinski definition) is 8. The standard InChI is InChI=1S/C19H25N3O5S/c1-11(17(23)20-13-7-5-6-8-13)28-19-22-21-18(27-19)12-9-14(24-2)16(26-4)15(10-12)25-3/h9-11,13H,5-8H2,1-4H3,(H,20,23)/t11-/m1/s1.